The van der Waals surface area contributed by atoms with Gasteiger partial charge in [0.25, 0.3) is 0 Å². The molecule has 3 rings (SSSR count). The average Bonchev–Trinajstić information content (AvgIpc) is 3.10. The number of anilines is 1. The molecular weight excluding hydrogens is 308 g/mol. The molecule has 23 heavy (non-hydrogen) atoms. The Hall–Kier alpha value is -1.26. The molecule has 2 N–H and O–H groups in total. The van der Waals surface area contributed by atoms with Crippen molar-refractivity contribution in [2.45, 2.75) is 52.0 Å². The number of unbranched alkanes of at least 4 members (excludes halogenated alkanes) is 1. The summed E-state index contributed by atoms with van der Waals surface area (Å²) in [6.45, 7) is 7.99. The van der Waals surface area contributed by atoms with Crippen molar-refractivity contribution in [3.63, 3.8) is 0 Å². The van der Waals surface area contributed by atoms with Crippen LogP contribution in [0.3, 0.4) is 0 Å². The molecule has 1 aromatic carbocycles. The van der Waals surface area contributed by atoms with Gasteiger partial charge in [-0.15, -0.1) is 0 Å². The first kappa shape index (κ1) is 16.6. The number of nitrogens with two attached hydrogens (primary N) is 1. The van der Waals surface area contributed by atoms with Crippen LogP contribution in [0.4, 0.5) is 5.95 Å². The third kappa shape index (κ3) is 3.64. The molecule has 1 aliphatic rings. The van der Waals surface area contributed by atoms with Crippen molar-refractivity contribution in [3.8, 4) is 0 Å². The Morgan fingerprint density at radius 3 is 2.65 bits per heavy atom. The van der Waals surface area contributed by atoms with Crippen LogP contribution >= 0.6 is 11.6 Å². The van der Waals surface area contributed by atoms with E-state index in [1.54, 1.807) is 0 Å². The highest BCUT2D eigenvalue weighted by Crippen LogP contribution is 2.29. The summed E-state index contributed by atoms with van der Waals surface area (Å²) in [6, 6.07) is 4.42. The van der Waals surface area contributed by atoms with Crippen LogP contribution in [0.25, 0.3) is 11.0 Å². The van der Waals surface area contributed by atoms with E-state index >= 15 is 0 Å². The summed E-state index contributed by atoms with van der Waals surface area (Å²) < 4.78 is 2.04. The highest BCUT2D eigenvalue weighted by atomic mass is 35.5. The zero-order valence-electron chi connectivity index (χ0n) is 14.2. The normalized spacial score (nSPS) is 16.0. The van der Waals surface area contributed by atoms with Gasteiger partial charge in [0.1, 0.15) is 0 Å². The predicted molar refractivity (Wildman–Crippen MR) is 98.2 cm³/mol. The molecule has 0 aliphatic carbocycles. The molecule has 1 fully saturated rings. The van der Waals surface area contributed by atoms with Gasteiger partial charge < -0.3 is 15.2 Å². The van der Waals surface area contributed by atoms with Gasteiger partial charge >= 0.3 is 0 Å². The summed E-state index contributed by atoms with van der Waals surface area (Å²) in [5.41, 5.74) is 9.22. The lowest BCUT2D eigenvalue weighted by molar-refractivity contribution is 0.330. The van der Waals surface area contributed by atoms with Gasteiger partial charge in [0.05, 0.1) is 11.0 Å². The standard InChI is InChI=1S/C18H27ClN4/c1-13(2)23-17-12-15(19)14(11-16(17)21-18(23)20)7-3-4-8-22-9-5-6-10-22/h11-13H,3-10H2,1-2H3,(H2,20,21). The third-order valence-electron chi connectivity index (χ3n) is 4.77. The summed E-state index contributed by atoms with van der Waals surface area (Å²) in [5.74, 6) is 0.567. The molecule has 1 aliphatic heterocycles. The predicted octanol–water partition coefficient (Wildman–Crippen LogP) is 4.27. The molecule has 1 saturated heterocycles. The maximum Gasteiger partial charge on any atom is 0.201 e. The average molecular weight is 335 g/mol. The fourth-order valence-electron chi connectivity index (χ4n) is 3.57. The molecule has 0 radical (unpaired) electrons. The number of halogens is 1. The summed E-state index contributed by atoms with van der Waals surface area (Å²) >= 11 is 6.50. The van der Waals surface area contributed by atoms with Crippen molar-refractivity contribution in [2.75, 3.05) is 25.4 Å². The highest BCUT2D eigenvalue weighted by Gasteiger charge is 2.14. The van der Waals surface area contributed by atoms with Crippen LogP contribution in [0.1, 0.15) is 51.1 Å². The molecule has 126 valence electrons. The number of nitrogen functional groups attached to an aromatic ring is 1. The van der Waals surface area contributed by atoms with Gasteiger partial charge in [0.15, 0.2) is 0 Å². The van der Waals surface area contributed by atoms with Crippen LogP contribution < -0.4 is 5.73 Å². The van der Waals surface area contributed by atoms with Gasteiger partial charge in [-0.2, -0.15) is 0 Å². The fraction of sp³-hybridized carbons (Fsp3) is 0.611. The third-order valence-corrected chi connectivity index (χ3v) is 5.12. The Labute approximate surface area is 143 Å². The second-order valence-electron chi connectivity index (χ2n) is 6.87. The van der Waals surface area contributed by atoms with E-state index in [1.807, 2.05) is 10.6 Å². The first-order valence-electron chi connectivity index (χ1n) is 8.74. The minimum Gasteiger partial charge on any atom is -0.369 e. The SMILES string of the molecule is CC(C)n1c(N)nc2cc(CCCCN3CCCC3)c(Cl)cc21. The summed E-state index contributed by atoms with van der Waals surface area (Å²) in [7, 11) is 0. The second kappa shape index (κ2) is 7.10. The number of fused-ring (bicyclic) bond motifs is 1. The van der Waals surface area contributed by atoms with Crippen molar-refractivity contribution >= 4 is 28.6 Å². The van der Waals surface area contributed by atoms with Gasteiger partial charge in [0.2, 0.25) is 5.95 Å². The van der Waals surface area contributed by atoms with Crippen molar-refractivity contribution in [3.05, 3.63) is 22.7 Å². The van der Waals surface area contributed by atoms with Gasteiger partial charge in [0, 0.05) is 11.1 Å². The van der Waals surface area contributed by atoms with Gasteiger partial charge in [-0.1, -0.05) is 11.6 Å². The second-order valence-corrected chi connectivity index (χ2v) is 7.28. The smallest absolute Gasteiger partial charge is 0.201 e. The van der Waals surface area contributed by atoms with Crippen molar-refractivity contribution < 1.29 is 0 Å². The van der Waals surface area contributed by atoms with E-state index in [0.717, 1.165) is 22.5 Å². The minimum atomic E-state index is 0.280. The molecule has 0 saturated carbocycles. The molecule has 2 aromatic rings. The van der Waals surface area contributed by atoms with E-state index in [1.165, 1.54) is 50.9 Å². The Balaban J connectivity index is 1.67. The molecule has 4 nitrogen and oxygen atoms in total. The minimum absolute atomic E-state index is 0.280. The number of rotatable bonds is 6. The zero-order chi connectivity index (χ0) is 16.4. The molecule has 2 heterocycles. The zero-order valence-corrected chi connectivity index (χ0v) is 14.9. The van der Waals surface area contributed by atoms with E-state index in [9.17, 15) is 0 Å². The Morgan fingerprint density at radius 1 is 1.22 bits per heavy atom. The Bertz CT molecular complexity index is 671. The number of benzene rings is 1. The number of hydrogen-bond acceptors (Lipinski definition) is 3. The lowest BCUT2D eigenvalue weighted by atomic mass is 10.1. The van der Waals surface area contributed by atoms with Crippen LogP contribution in [-0.4, -0.2) is 34.1 Å². The number of likely N-dealkylation sites (tertiary alicyclic amines) is 1. The number of nitrogens with zero attached hydrogens (tertiary/aromatic N) is 3. The van der Waals surface area contributed by atoms with E-state index in [4.69, 9.17) is 17.3 Å². The molecular formula is C18H27ClN4. The van der Waals surface area contributed by atoms with Gasteiger partial charge in [-0.25, -0.2) is 4.98 Å². The fourth-order valence-corrected chi connectivity index (χ4v) is 3.82. The van der Waals surface area contributed by atoms with Crippen molar-refractivity contribution in [1.29, 1.82) is 0 Å². The number of hydrogen-bond donors (Lipinski definition) is 1. The van der Waals surface area contributed by atoms with Gasteiger partial charge in [-0.3, -0.25) is 0 Å². The molecule has 0 bridgehead atoms. The van der Waals surface area contributed by atoms with Crippen molar-refractivity contribution in [1.82, 2.24) is 14.5 Å². The summed E-state index contributed by atoms with van der Waals surface area (Å²) in [6.07, 6.45) is 6.14. The quantitative estimate of drug-likeness (QED) is 0.802. The van der Waals surface area contributed by atoms with Crippen LogP contribution in [0, 0.1) is 0 Å². The monoisotopic (exact) mass is 334 g/mol. The van der Waals surface area contributed by atoms with Crippen LogP contribution in [-0.2, 0) is 6.42 Å². The van der Waals surface area contributed by atoms with Crippen LogP contribution in [0.15, 0.2) is 12.1 Å². The highest BCUT2D eigenvalue weighted by molar-refractivity contribution is 6.32. The Kier molecular flexibility index (Phi) is 5.12. The van der Waals surface area contributed by atoms with Crippen LogP contribution in [0.5, 0.6) is 0 Å². The first-order valence-corrected chi connectivity index (χ1v) is 9.12. The van der Waals surface area contributed by atoms with Gasteiger partial charge in [-0.05, 0) is 83.3 Å². The van der Waals surface area contributed by atoms with E-state index in [2.05, 4.69) is 29.8 Å². The van der Waals surface area contributed by atoms with E-state index < -0.39 is 0 Å². The maximum absolute atomic E-state index is 6.50. The number of aryl methyl sites for hydroxylation is 1. The molecule has 0 spiro atoms. The van der Waals surface area contributed by atoms with Crippen LogP contribution in [0.2, 0.25) is 5.02 Å². The largest absolute Gasteiger partial charge is 0.369 e. The number of imidazole rings is 1. The first-order chi connectivity index (χ1) is 11.1. The molecule has 5 heteroatoms. The van der Waals surface area contributed by atoms with Crippen molar-refractivity contribution in [2.24, 2.45) is 0 Å². The van der Waals surface area contributed by atoms with E-state index in [-0.39, 0.29) is 6.04 Å². The molecule has 1 aromatic heterocycles. The summed E-state index contributed by atoms with van der Waals surface area (Å²) in [5, 5.41) is 0.834. The molecule has 0 amide bonds. The molecule has 0 atom stereocenters. The summed E-state index contributed by atoms with van der Waals surface area (Å²) in [4.78, 5) is 7.07. The number of aromatic nitrogens is 2. The lowest BCUT2D eigenvalue weighted by Gasteiger charge is -2.14. The Morgan fingerprint density at radius 2 is 1.96 bits per heavy atom. The topological polar surface area (TPSA) is 47.1 Å². The maximum atomic E-state index is 6.50. The lowest BCUT2D eigenvalue weighted by Crippen LogP contribution is -2.20. The molecule has 0 unspecified atom stereocenters. The van der Waals surface area contributed by atoms with E-state index in [0.29, 0.717) is 5.95 Å².